The summed E-state index contributed by atoms with van der Waals surface area (Å²) >= 11 is 0. The first-order chi connectivity index (χ1) is 10.6. The van der Waals surface area contributed by atoms with Gasteiger partial charge in [-0.25, -0.2) is 9.78 Å². The fourth-order valence-electron chi connectivity index (χ4n) is 2.45. The largest absolute Gasteiger partial charge is 0.478 e. The van der Waals surface area contributed by atoms with Gasteiger partial charge in [-0.3, -0.25) is 0 Å². The molecule has 0 amide bonds. The Kier molecular flexibility index (Phi) is 3.58. The monoisotopic (exact) mass is 299 g/mol. The zero-order valence-electron chi connectivity index (χ0n) is 12.4. The number of para-hydroxylation sites is 1. The summed E-state index contributed by atoms with van der Waals surface area (Å²) in [5.41, 5.74) is 1.32. The maximum atomic E-state index is 11.2. The van der Waals surface area contributed by atoms with Gasteiger partial charge < -0.3 is 19.8 Å². The van der Waals surface area contributed by atoms with Crippen LogP contribution < -0.4 is 5.32 Å². The van der Waals surface area contributed by atoms with Crippen molar-refractivity contribution in [2.75, 3.05) is 5.32 Å². The molecular formula is C16H17N3O3. The van der Waals surface area contributed by atoms with Crippen LogP contribution in [0.5, 0.6) is 0 Å². The standard InChI is InChI=1S/C16H17N3O3/c1-3-11(13-8-7-9(2)22-13)17-16-18-12-6-4-5-10(15(20)21)14(12)19-16/h4-8,11H,3H2,1-2H3,(H,20,21)(H2,17,18,19)/t11-/m0/s1. The minimum atomic E-state index is -0.989. The molecule has 0 unspecified atom stereocenters. The summed E-state index contributed by atoms with van der Waals surface area (Å²) in [6.45, 7) is 3.94. The average molecular weight is 299 g/mol. The number of anilines is 1. The summed E-state index contributed by atoms with van der Waals surface area (Å²) < 4.78 is 5.65. The lowest BCUT2D eigenvalue weighted by Gasteiger charge is -2.13. The lowest BCUT2D eigenvalue weighted by atomic mass is 10.2. The molecule has 22 heavy (non-hydrogen) atoms. The molecule has 3 rings (SSSR count). The molecule has 0 spiro atoms. The van der Waals surface area contributed by atoms with E-state index in [1.54, 1.807) is 18.2 Å². The van der Waals surface area contributed by atoms with Gasteiger partial charge in [0.2, 0.25) is 5.95 Å². The quantitative estimate of drug-likeness (QED) is 0.667. The molecule has 3 N–H and O–H groups in total. The fraction of sp³-hybridized carbons (Fsp3) is 0.250. The maximum Gasteiger partial charge on any atom is 0.337 e. The lowest BCUT2D eigenvalue weighted by Crippen LogP contribution is -2.09. The molecule has 2 aromatic heterocycles. The highest BCUT2D eigenvalue weighted by atomic mass is 16.4. The molecule has 3 aromatic rings. The van der Waals surface area contributed by atoms with Crippen LogP contribution in [0.15, 0.2) is 34.7 Å². The van der Waals surface area contributed by atoms with Gasteiger partial charge in [-0.05, 0) is 37.6 Å². The number of hydrogen-bond acceptors (Lipinski definition) is 4. The van der Waals surface area contributed by atoms with Gasteiger partial charge in [0.1, 0.15) is 17.0 Å². The van der Waals surface area contributed by atoms with E-state index in [0.29, 0.717) is 17.0 Å². The molecule has 0 saturated heterocycles. The van der Waals surface area contributed by atoms with Gasteiger partial charge in [0.15, 0.2) is 0 Å². The zero-order chi connectivity index (χ0) is 15.7. The fourth-order valence-corrected chi connectivity index (χ4v) is 2.45. The number of carbonyl (C=O) groups is 1. The Morgan fingerprint density at radius 2 is 2.23 bits per heavy atom. The van der Waals surface area contributed by atoms with E-state index in [9.17, 15) is 9.90 Å². The first-order valence-corrected chi connectivity index (χ1v) is 7.13. The molecule has 114 valence electrons. The van der Waals surface area contributed by atoms with Gasteiger partial charge in [-0.2, -0.15) is 0 Å². The van der Waals surface area contributed by atoms with Gasteiger partial charge >= 0.3 is 5.97 Å². The normalized spacial score (nSPS) is 12.5. The molecular weight excluding hydrogens is 282 g/mol. The van der Waals surface area contributed by atoms with Crippen LogP contribution in [-0.2, 0) is 0 Å². The number of aryl methyl sites for hydroxylation is 1. The van der Waals surface area contributed by atoms with Crippen LogP contribution in [0, 0.1) is 6.92 Å². The number of aromatic carboxylic acids is 1. The number of nitrogens with one attached hydrogen (secondary N) is 2. The molecule has 6 nitrogen and oxygen atoms in total. The number of aromatic amines is 1. The Morgan fingerprint density at radius 3 is 2.86 bits per heavy atom. The van der Waals surface area contributed by atoms with Crippen LogP contribution in [0.25, 0.3) is 11.0 Å². The van der Waals surface area contributed by atoms with E-state index in [-0.39, 0.29) is 11.6 Å². The number of furan rings is 1. The topological polar surface area (TPSA) is 91.1 Å². The van der Waals surface area contributed by atoms with Gasteiger partial charge in [0.25, 0.3) is 0 Å². The Hall–Kier alpha value is -2.76. The van der Waals surface area contributed by atoms with Gasteiger partial charge in [0.05, 0.1) is 17.1 Å². The van der Waals surface area contributed by atoms with E-state index in [4.69, 9.17) is 4.42 Å². The second-order valence-corrected chi connectivity index (χ2v) is 5.15. The predicted octanol–water partition coefficient (Wildman–Crippen LogP) is 3.73. The number of H-pyrrole nitrogens is 1. The minimum Gasteiger partial charge on any atom is -0.478 e. The number of benzene rings is 1. The molecule has 0 aliphatic heterocycles. The number of carboxylic acid groups (broad SMARTS) is 1. The highest BCUT2D eigenvalue weighted by molar-refractivity contribution is 6.01. The van der Waals surface area contributed by atoms with Crippen LogP contribution in [-0.4, -0.2) is 21.0 Å². The van der Waals surface area contributed by atoms with E-state index >= 15 is 0 Å². The Labute approximate surface area is 127 Å². The Bertz CT molecular complexity index is 819. The minimum absolute atomic E-state index is 0.0254. The van der Waals surface area contributed by atoms with Crippen molar-refractivity contribution in [3.63, 3.8) is 0 Å². The number of imidazole rings is 1. The Balaban J connectivity index is 1.93. The smallest absolute Gasteiger partial charge is 0.337 e. The van der Waals surface area contributed by atoms with Crippen LogP contribution in [0.4, 0.5) is 5.95 Å². The summed E-state index contributed by atoms with van der Waals surface area (Å²) in [6, 6.07) is 8.87. The number of hydrogen-bond donors (Lipinski definition) is 3. The van der Waals surface area contributed by atoms with Crippen molar-refractivity contribution in [2.24, 2.45) is 0 Å². The molecule has 0 radical (unpaired) electrons. The third-order valence-corrected chi connectivity index (χ3v) is 3.57. The number of aromatic nitrogens is 2. The van der Waals surface area contributed by atoms with Crippen LogP contribution in [0.1, 0.15) is 41.3 Å². The number of rotatable bonds is 5. The second-order valence-electron chi connectivity index (χ2n) is 5.15. The lowest BCUT2D eigenvalue weighted by molar-refractivity contribution is 0.0699. The van der Waals surface area contributed by atoms with Gasteiger partial charge in [-0.15, -0.1) is 0 Å². The average Bonchev–Trinajstić information content (AvgIpc) is 3.09. The first-order valence-electron chi connectivity index (χ1n) is 7.13. The summed E-state index contributed by atoms with van der Waals surface area (Å²) in [6.07, 6.45) is 0.815. The summed E-state index contributed by atoms with van der Waals surface area (Å²) in [7, 11) is 0. The maximum absolute atomic E-state index is 11.2. The molecule has 1 atom stereocenters. The third kappa shape index (κ3) is 2.55. The van der Waals surface area contributed by atoms with Crippen molar-refractivity contribution >= 4 is 23.0 Å². The van der Waals surface area contributed by atoms with Crippen LogP contribution in [0.3, 0.4) is 0 Å². The van der Waals surface area contributed by atoms with Crippen molar-refractivity contribution < 1.29 is 14.3 Å². The van der Waals surface area contributed by atoms with Crippen molar-refractivity contribution in [3.8, 4) is 0 Å². The predicted molar refractivity (Wildman–Crippen MR) is 83.2 cm³/mol. The highest BCUT2D eigenvalue weighted by Crippen LogP contribution is 2.25. The summed E-state index contributed by atoms with van der Waals surface area (Å²) in [5.74, 6) is 1.23. The van der Waals surface area contributed by atoms with Crippen LogP contribution >= 0.6 is 0 Å². The molecule has 6 heteroatoms. The number of carboxylic acids is 1. The number of nitrogens with zero attached hydrogens (tertiary/aromatic N) is 1. The SMILES string of the molecule is CC[C@H](Nc1nc2c(C(=O)O)cccc2[nH]1)c1ccc(C)o1. The van der Waals surface area contributed by atoms with E-state index in [0.717, 1.165) is 17.9 Å². The molecule has 0 bridgehead atoms. The van der Waals surface area contributed by atoms with Gasteiger partial charge in [0, 0.05) is 0 Å². The Morgan fingerprint density at radius 1 is 1.41 bits per heavy atom. The molecule has 2 heterocycles. The number of fused-ring (bicyclic) bond motifs is 1. The molecule has 0 fully saturated rings. The second kappa shape index (κ2) is 5.55. The van der Waals surface area contributed by atoms with Crippen molar-refractivity contribution in [3.05, 3.63) is 47.4 Å². The molecule has 0 aliphatic rings. The molecule has 1 aromatic carbocycles. The highest BCUT2D eigenvalue weighted by Gasteiger charge is 2.17. The zero-order valence-corrected chi connectivity index (χ0v) is 12.4. The molecule has 0 aliphatic carbocycles. The summed E-state index contributed by atoms with van der Waals surface area (Å²) in [4.78, 5) is 18.7. The summed E-state index contributed by atoms with van der Waals surface area (Å²) in [5, 5.41) is 12.5. The van der Waals surface area contributed by atoms with Gasteiger partial charge in [-0.1, -0.05) is 13.0 Å². The van der Waals surface area contributed by atoms with Crippen LogP contribution in [0.2, 0.25) is 0 Å². The van der Waals surface area contributed by atoms with Crippen molar-refractivity contribution in [1.82, 2.24) is 9.97 Å². The third-order valence-electron chi connectivity index (χ3n) is 3.57. The van der Waals surface area contributed by atoms with Crippen molar-refractivity contribution in [2.45, 2.75) is 26.3 Å². The van der Waals surface area contributed by atoms with E-state index < -0.39 is 5.97 Å². The van der Waals surface area contributed by atoms with Crippen molar-refractivity contribution in [1.29, 1.82) is 0 Å². The van der Waals surface area contributed by atoms with E-state index in [1.165, 1.54) is 0 Å². The van der Waals surface area contributed by atoms with E-state index in [2.05, 4.69) is 15.3 Å². The first kappa shape index (κ1) is 14.2. The molecule has 0 saturated carbocycles. The van der Waals surface area contributed by atoms with E-state index in [1.807, 2.05) is 26.0 Å².